The molecular weight excluding hydrogens is 256 g/mol. The molecule has 0 saturated heterocycles. The van der Waals surface area contributed by atoms with Crippen molar-refractivity contribution in [1.82, 2.24) is 4.98 Å². The van der Waals surface area contributed by atoms with Crippen molar-refractivity contribution < 1.29 is 19.8 Å². The highest BCUT2D eigenvalue weighted by molar-refractivity contribution is 7.12. The number of rotatable bonds is 3. The average Bonchev–Trinajstić information content (AvgIpc) is 2.78. The minimum absolute atomic E-state index is 0.00256. The Hall–Kier alpha value is -2.41. The molecule has 4 N–H and O–H groups in total. The lowest BCUT2D eigenvalue weighted by Gasteiger charge is -2.04. The molecule has 0 aromatic carbocycles. The van der Waals surface area contributed by atoms with Gasteiger partial charge >= 0.3 is 11.9 Å². The van der Waals surface area contributed by atoms with Crippen LogP contribution in [-0.2, 0) is 0 Å². The van der Waals surface area contributed by atoms with E-state index in [0.717, 1.165) is 11.3 Å². The molecule has 0 amide bonds. The fourth-order valence-electron chi connectivity index (χ4n) is 1.47. The molecule has 92 valence electrons. The van der Waals surface area contributed by atoms with Crippen LogP contribution in [0, 0.1) is 0 Å². The molecule has 0 fully saturated rings. The van der Waals surface area contributed by atoms with Crippen LogP contribution in [0.3, 0.4) is 0 Å². The third kappa shape index (κ3) is 2.16. The van der Waals surface area contributed by atoms with Gasteiger partial charge in [-0.1, -0.05) is 0 Å². The Bertz CT molecular complexity index is 636. The van der Waals surface area contributed by atoms with Crippen LogP contribution in [0.25, 0.3) is 11.1 Å². The number of nitrogens with two attached hydrogens (primary N) is 1. The summed E-state index contributed by atoms with van der Waals surface area (Å²) in [6.45, 7) is 0. The maximum absolute atomic E-state index is 11.1. The molecule has 0 radical (unpaired) electrons. The molecule has 0 aliphatic carbocycles. The predicted octanol–water partition coefficient (Wildman–Crippen LogP) is 1.79. The molecule has 2 aromatic heterocycles. The number of carboxylic acids is 2. The van der Waals surface area contributed by atoms with Crippen molar-refractivity contribution in [2.75, 3.05) is 5.73 Å². The first kappa shape index (κ1) is 12.1. The van der Waals surface area contributed by atoms with E-state index in [0.29, 0.717) is 11.1 Å². The number of pyridine rings is 1. The normalized spacial score (nSPS) is 10.2. The Labute approximate surface area is 105 Å². The molecule has 0 saturated carbocycles. The van der Waals surface area contributed by atoms with Crippen LogP contribution in [0.1, 0.15) is 20.0 Å². The molecule has 0 unspecified atom stereocenters. The van der Waals surface area contributed by atoms with Crippen LogP contribution in [0.4, 0.5) is 5.82 Å². The fourth-order valence-corrected chi connectivity index (χ4v) is 2.21. The van der Waals surface area contributed by atoms with E-state index in [4.69, 9.17) is 15.9 Å². The van der Waals surface area contributed by atoms with E-state index in [2.05, 4.69) is 4.98 Å². The molecular formula is C11H8N2O4S. The third-order valence-corrected chi connectivity index (χ3v) is 3.19. The van der Waals surface area contributed by atoms with Gasteiger partial charge in [-0.25, -0.2) is 14.6 Å². The molecule has 0 aliphatic heterocycles. The Morgan fingerprint density at radius 1 is 1.22 bits per heavy atom. The molecule has 6 nitrogen and oxygen atoms in total. The largest absolute Gasteiger partial charge is 0.478 e. The van der Waals surface area contributed by atoms with Crippen molar-refractivity contribution in [3.8, 4) is 11.1 Å². The molecule has 2 rings (SSSR count). The smallest absolute Gasteiger partial charge is 0.345 e. The molecule has 0 atom stereocenters. The number of hydrogen-bond donors (Lipinski definition) is 3. The predicted molar refractivity (Wildman–Crippen MR) is 65.9 cm³/mol. The van der Waals surface area contributed by atoms with Gasteiger partial charge in [-0.05, 0) is 23.1 Å². The van der Waals surface area contributed by atoms with Gasteiger partial charge in [0.25, 0.3) is 0 Å². The topological polar surface area (TPSA) is 114 Å². The Morgan fingerprint density at radius 2 is 1.94 bits per heavy atom. The first-order valence-electron chi connectivity index (χ1n) is 4.80. The van der Waals surface area contributed by atoms with E-state index in [-0.39, 0.29) is 16.3 Å². The number of aromatic nitrogens is 1. The number of carboxylic acid groups (broad SMARTS) is 2. The maximum atomic E-state index is 11.1. The minimum atomic E-state index is -1.14. The molecule has 7 heteroatoms. The lowest BCUT2D eigenvalue weighted by Crippen LogP contribution is -2.02. The Balaban J connectivity index is 2.55. The second-order valence-corrected chi connectivity index (χ2v) is 4.38. The van der Waals surface area contributed by atoms with Gasteiger partial charge in [0.2, 0.25) is 0 Å². The van der Waals surface area contributed by atoms with E-state index in [1.807, 2.05) is 0 Å². The van der Waals surface area contributed by atoms with Crippen LogP contribution < -0.4 is 5.73 Å². The van der Waals surface area contributed by atoms with Gasteiger partial charge in [0, 0.05) is 11.8 Å². The molecule has 18 heavy (non-hydrogen) atoms. The summed E-state index contributed by atoms with van der Waals surface area (Å²) in [5.74, 6) is -2.08. The summed E-state index contributed by atoms with van der Waals surface area (Å²) in [4.78, 5) is 25.8. The van der Waals surface area contributed by atoms with Crippen LogP contribution >= 0.6 is 11.3 Å². The van der Waals surface area contributed by atoms with Gasteiger partial charge < -0.3 is 15.9 Å². The van der Waals surface area contributed by atoms with Crippen molar-refractivity contribution in [3.05, 3.63) is 34.2 Å². The number of aromatic carboxylic acids is 2. The number of nitrogens with zero attached hydrogens (tertiary/aromatic N) is 1. The zero-order valence-corrected chi connectivity index (χ0v) is 9.77. The standard InChI is InChI=1S/C11H8N2O4S/c12-9-2-6(10(14)15)7(3-13-9)5-1-8(11(16)17)18-4-5/h1-4H,(H2,12,13)(H,14,15)(H,16,17). The van der Waals surface area contributed by atoms with Gasteiger partial charge in [0.05, 0.1) is 5.56 Å². The minimum Gasteiger partial charge on any atom is -0.478 e. The molecule has 2 aromatic rings. The van der Waals surface area contributed by atoms with Crippen molar-refractivity contribution >= 4 is 29.1 Å². The number of hydrogen-bond acceptors (Lipinski definition) is 5. The zero-order valence-electron chi connectivity index (χ0n) is 8.95. The summed E-state index contributed by atoms with van der Waals surface area (Å²) in [5, 5.41) is 19.5. The summed E-state index contributed by atoms with van der Waals surface area (Å²) in [6, 6.07) is 2.66. The van der Waals surface area contributed by atoms with Crippen LogP contribution in [0.5, 0.6) is 0 Å². The molecule has 0 bridgehead atoms. The average molecular weight is 264 g/mol. The second-order valence-electron chi connectivity index (χ2n) is 3.46. The highest BCUT2D eigenvalue weighted by Gasteiger charge is 2.15. The van der Waals surface area contributed by atoms with Crippen LogP contribution in [-0.4, -0.2) is 27.1 Å². The fraction of sp³-hybridized carbons (Fsp3) is 0. The van der Waals surface area contributed by atoms with Gasteiger partial charge in [-0.15, -0.1) is 11.3 Å². The van der Waals surface area contributed by atoms with Crippen molar-refractivity contribution in [1.29, 1.82) is 0 Å². The number of thiophene rings is 1. The van der Waals surface area contributed by atoms with Crippen LogP contribution in [0.15, 0.2) is 23.7 Å². The van der Waals surface area contributed by atoms with E-state index in [1.54, 1.807) is 5.38 Å². The van der Waals surface area contributed by atoms with Gasteiger partial charge in [0.1, 0.15) is 10.7 Å². The highest BCUT2D eigenvalue weighted by Crippen LogP contribution is 2.28. The lowest BCUT2D eigenvalue weighted by molar-refractivity contribution is 0.0689. The van der Waals surface area contributed by atoms with Crippen LogP contribution in [0.2, 0.25) is 0 Å². The summed E-state index contributed by atoms with van der Waals surface area (Å²) in [6.07, 6.45) is 1.33. The molecule has 2 heterocycles. The monoisotopic (exact) mass is 264 g/mol. The molecule has 0 spiro atoms. The number of carbonyl (C=O) groups is 2. The Morgan fingerprint density at radius 3 is 2.50 bits per heavy atom. The summed E-state index contributed by atoms with van der Waals surface area (Å²) < 4.78 is 0. The van der Waals surface area contributed by atoms with Gasteiger partial charge in [-0.2, -0.15) is 0 Å². The first-order chi connectivity index (χ1) is 8.49. The van der Waals surface area contributed by atoms with E-state index in [1.165, 1.54) is 18.3 Å². The quantitative estimate of drug-likeness (QED) is 0.778. The van der Waals surface area contributed by atoms with Crippen molar-refractivity contribution in [2.45, 2.75) is 0 Å². The van der Waals surface area contributed by atoms with E-state index >= 15 is 0 Å². The highest BCUT2D eigenvalue weighted by atomic mass is 32.1. The van der Waals surface area contributed by atoms with Crippen molar-refractivity contribution in [2.24, 2.45) is 0 Å². The Kier molecular flexibility index (Phi) is 2.99. The van der Waals surface area contributed by atoms with Crippen molar-refractivity contribution in [3.63, 3.8) is 0 Å². The van der Waals surface area contributed by atoms with Gasteiger partial charge in [-0.3, -0.25) is 0 Å². The van der Waals surface area contributed by atoms with E-state index < -0.39 is 11.9 Å². The maximum Gasteiger partial charge on any atom is 0.345 e. The first-order valence-corrected chi connectivity index (χ1v) is 5.68. The summed E-state index contributed by atoms with van der Waals surface area (Å²) in [5.41, 5.74) is 6.28. The SMILES string of the molecule is Nc1cc(C(=O)O)c(-c2csc(C(=O)O)c2)cn1. The third-order valence-electron chi connectivity index (χ3n) is 2.28. The van der Waals surface area contributed by atoms with Gasteiger partial charge in [0.15, 0.2) is 0 Å². The lowest BCUT2D eigenvalue weighted by atomic mass is 10.0. The summed E-state index contributed by atoms with van der Waals surface area (Å²) >= 11 is 1.03. The summed E-state index contributed by atoms with van der Waals surface area (Å²) in [7, 11) is 0. The zero-order chi connectivity index (χ0) is 13.3. The van der Waals surface area contributed by atoms with E-state index in [9.17, 15) is 9.59 Å². The second kappa shape index (κ2) is 4.46. The molecule has 0 aliphatic rings. The number of anilines is 1. The number of nitrogen functional groups attached to an aromatic ring is 1.